The maximum absolute atomic E-state index is 12.7. The number of piperidine rings is 1. The van der Waals surface area contributed by atoms with Gasteiger partial charge in [-0.2, -0.15) is 8.42 Å². The zero-order valence-electron chi connectivity index (χ0n) is 16.3. The van der Waals surface area contributed by atoms with Gasteiger partial charge in [0.15, 0.2) is 5.84 Å². The predicted molar refractivity (Wildman–Crippen MR) is 112 cm³/mol. The van der Waals surface area contributed by atoms with Crippen LogP contribution >= 0.6 is 12.4 Å². The number of hydrogen-bond donors (Lipinski definition) is 2. The van der Waals surface area contributed by atoms with Gasteiger partial charge in [0.25, 0.3) is 10.0 Å². The first-order valence-corrected chi connectivity index (χ1v) is 11.0. The summed E-state index contributed by atoms with van der Waals surface area (Å²) in [6, 6.07) is 6.90. The van der Waals surface area contributed by atoms with Crippen LogP contribution in [0, 0.1) is 5.92 Å². The minimum atomic E-state index is -3.62. The van der Waals surface area contributed by atoms with E-state index in [9.17, 15) is 13.2 Å². The van der Waals surface area contributed by atoms with Crippen LogP contribution in [-0.2, 0) is 14.8 Å². The number of halogens is 1. The lowest BCUT2D eigenvalue weighted by molar-refractivity contribution is -0.128. The molecule has 0 bridgehead atoms. The number of benzene rings is 1. The van der Waals surface area contributed by atoms with Crippen molar-refractivity contribution in [1.82, 2.24) is 10.2 Å². The smallest absolute Gasteiger partial charge is 0.285 e. The van der Waals surface area contributed by atoms with E-state index in [1.165, 1.54) is 0 Å². The zero-order chi connectivity index (χ0) is 19.7. The van der Waals surface area contributed by atoms with Gasteiger partial charge in [-0.3, -0.25) is 4.79 Å². The average molecular weight is 429 g/mol. The second-order valence-electron chi connectivity index (χ2n) is 7.33. The van der Waals surface area contributed by atoms with Crippen molar-refractivity contribution in [3.05, 3.63) is 29.8 Å². The SMILES string of the molecule is CCC(CC)(CN)NC(=O)C1CCN(C2=NS(=O)(=O)c3ccccc32)CC1.Cl. The molecule has 0 atom stereocenters. The third-order valence-electron chi connectivity index (χ3n) is 5.91. The molecule has 156 valence electrons. The third-order valence-corrected chi connectivity index (χ3v) is 7.24. The second kappa shape index (κ2) is 8.80. The van der Waals surface area contributed by atoms with E-state index in [0.717, 1.165) is 12.8 Å². The van der Waals surface area contributed by atoms with E-state index < -0.39 is 10.0 Å². The molecule has 7 nitrogen and oxygen atoms in total. The molecule has 0 aliphatic carbocycles. The summed E-state index contributed by atoms with van der Waals surface area (Å²) in [5, 5.41) is 3.15. The molecule has 0 spiro atoms. The van der Waals surface area contributed by atoms with E-state index in [1.54, 1.807) is 18.2 Å². The van der Waals surface area contributed by atoms with Crippen LogP contribution in [0.25, 0.3) is 0 Å². The molecule has 0 aromatic heterocycles. The van der Waals surface area contributed by atoms with Gasteiger partial charge in [0.1, 0.15) is 4.90 Å². The lowest BCUT2D eigenvalue weighted by atomic mass is 9.89. The predicted octanol–water partition coefficient (Wildman–Crippen LogP) is 1.90. The Balaban J connectivity index is 0.00000280. The highest BCUT2D eigenvalue weighted by Crippen LogP contribution is 2.30. The lowest BCUT2D eigenvalue weighted by Gasteiger charge is -2.36. The van der Waals surface area contributed by atoms with Crippen molar-refractivity contribution in [2.24, 2.45) is 16.0 Å². The summed E-state index contributed by atoms with van der Waals surface area (Å²) in [6.45, 7) is 5.71. The largest absolute Gasteiger partial charge is 0.355 e. The Morgan fingerprint density at radius 1 is 1.25 bits per heavy atom. The van der Waals surface area contributed by atoms with Gasteiger partial charge in [0.05, 0.1) is 5.54 Å². The standard InChI is InChI=1S/C19H28N4O3S.ClH/c1-3-19(4-2,13-20)21-18(24)14-9-11-23(12-10-14)17-15-7-5-6-8-16(15)27(25,26)22-17;/h5-8,14H,3-4,9-13,20H2,1-2H3,(H,21,24);1H. The summed E-state index contributed by atoms with van der Waals surface area (Å²) >= 11 is 0. The molecule has 1 saturated heterocycles. The van der Waals surface area contributed by atoms with Crippen LogP contribution in [0.4, 0.5) is 0 Å². The third kappa shape index (κ3) is 4.18. The van der Waals surface area contributed by atoms with Gasteiger partial charge < -0.3 is 16.0 Å². The zero-order valence-corrected chi connectivity index (χ0v) is 18.0. The van der Waals surface area contributed by atoms with Crippen molar-refractivity contribution in [3.8, 4) is 0 Å². The Hall–Kier alpha value is -1.64. The number of amides is 1. The van der Waals surface area contributed by atoms with Gasteiger partial charge in [0.2, 0.25) is 5.91 Å². The van der Waals surface area contributed by atoms with E-state index in [1.807, 2.05) is 24.8 Å². The number of hydrogen-bond acceptors (Lipinski definition) is 5. The minimum absolute atomic E-state index is 0. The normalized spacial score (nSPS) is 18.8. The molecular weight excluding hydrogens is 400 g/mol. The van der Waals surface area contributed by atoms with Crippen molar-refractivity contribution in [2.45, 2.75) is 50.0 Å². The van der Waals surface area contributed by atoms with E-state index in [0.29, 0.717) is 43.9 Å². The van der Waals surface area contributed by atoms with Gasteiger partial charge in [-0.25, -0.2) is 0 Å². The number of amidine groups is 1. The van der Waals surface area contributed by atoms with Crippen molar-refractivity contribution in [1.29, 1.82) is 0 Å². The average Bonchev–Trinajstić information content (AvgIpc) is 2.98. The maximum Gasteiger partial charge on any atom is 0.285 e. The molecule has 0 unspecified atom stereocenters. The molecule has 1 aromatic carbocycles. The molecule has 0 saturated carbocycles. The minimum Gasteiger partial charge on any atom is -0.355 e. The Morgan fingerprint density at radius 2 is 1.86 bits per heavy atom. The van der Waals surface area contributed by atoms with Gasteiger partial charge >= 0.3 is 0 Å². The highest BCUT2D eigenvalue weighted by molar-refractivity contribution is 7.90. The fourth-order valence-electron chi connectivity index (χ4n) is 3.80. The first kappa shape index (κ1) is 22.6. The Bertz CT molecular complexity index is 836. The van der Waals surface area contributed by atoms with E-state index in [2.05, 4.69) is 9.71 Å². The van der Waals surface area contributed by atoms with Gasteiger partial charge in [-0.15, -0.1) is 16.8 Å². The van der Waals surface area contributed by atoms with Crippen LogP contribution in [0.1, 0.15) is 45.1 Å². The molecule has 2 aliphatic heterocycles. The topological polar surface area (TPSA) is 105 Å². The highest BCUT2D eigenvalue weighted by atomic mass is 35.5. The van der Waals surface area contributed by atoms with E-state index in [-0.39, 0.29) is 34.7 Å². The molecular formula is C19H29ClN4O3S. The first-order valence-electron chi connectivity index (χ1n) is 9.57. The molecule has 1 amide bonds. The van der Waals surface area contributed by atoms with Crippen LogP contribution in [0.15, 0.2) is 33.6 Å². The number of likely N-dealkylation sites (tertiary alicyclic amines) is 1. The molecule has 3 N–H and O–H groups in total. The number of nitrogens with one attached hydrogen (secondary N) is 1. The van der Waals surface area contributed by atoms with Crippen LogP contribution < -0.4 is 11.1 Å². The quantitative estimate of drug-likeness (QED) is 0.745. The monoisotopic (exact) mass is 428 g/mol. The van der Waals surface area contributed by atoms with E-state index >= 15 is 0 Å². The fourth-order valence-corrected chi connectivity index (χ4v) is 5.03. The van der Waals surface area contributed by atoms with Crippen molar-refractivity contribution < 1.29 is 13.2 Å². The van der Waals surface area contributed by atoms with Gasteiger partial charge in [-0.05, 0) is 37.8 Å². The fraction of sp³-hybridized carbons (Fsp3) is 0.579. The summed E-state index contributed by atoms with van der Waals surface area (Å²) in [6.07, 6.45) is 2.94. The van der Waals surface area contributed by atoms with Gasteiger partial charge in [0, 0.05) is 31.1 Å². The Labute approximate surface area is 173 Å². The Kier molecular flexibility index (Phi) is 7.12. The molecule has 9 heteroatoms. The summed E-state index contributed by atoms with van der Waals surface area (Å²) in [7, 11) is -3.62. The van der Waals surface area contributed by atoms with Crippen LogP contribution in [0.3, 0.4) is 0 Å². The first-order chi connectivity index (χ1) is 12.9. The Morgan fingerprint density at radius 3 is 2.43 bits per heavy atom. The molecule has 2 aliphatic rings. The van der Waals surface area contributed by atoms with Crippen molar-refractivity contribution in [2.75, 3.05) is 19.6 Å². The maximum atomic E-state index is 12.7. The number of nitrogens with zero attached hydrogens (tertiary/aromatic N) is 2. The molecule has 2 heterocycles. The van der Waals surface area contributed by atoms with Crippen LogP contribution in [-0.4, -0.2) is 50.2 Å². The summed E-state index contributed by atoms with van der Waals surface area (Å²) < 4.78 is 28.5. The van der Waals surface area contributed by atoms with Crippen molar-refractivity contribution in [3.63, 3.8) is 0 Å². The number of carbonyl (C=O) groups excluding carboxylic acids is 1. The highest BCUT2D eigenvalue weighted by Gasteiger charge is 2.36. The summed E-state index contributed by atoms with van der Waals surface area (Å²) in [4.78, 5) is 14.9. The molecule has 0 radical (unpaired) electrons. The van der Waals surface area contributed by atoms with Crippen molar-refractivity contribution >= 4 is 34.2 Å². The molecule has 3 rings (SSSR count). The number of nitrogens with two attached hydrogens (primary N) is 1. The number of sulfonamides is 1. The van der Waals surface area contributed by atoms with E-state index in [4.69, 9.17) is 5.73 Å². The molecule has 1 fully saturated rings. The number of carbonyl (C=O) groups is 1. The van der Waals surface area contributed by atoms with Crippen LogP contribution in [0.2, 0.25) is 0 Å². The van der Waals surface area contributed by atoms with Crippen LogP contribution in [0.5, 0.6) is 0 Å². The number of rotatable bonds is 5. The number of fused-ring (bicyclic) bond motifs is 1. The molecule has 28 heavy (non-hydrogen) atoms. The summed E-state index contributed by atoms with van der Waals surface area (Å²) in [5.74, 6) is 0.465. The second-order valence-corrected chi connectivity index (χ2v) is 8.90. The van der Waals surface area contributed by atoms with Gasteiger partial charge in [-0.1, -0.05) is 26.0 Å². The lowest BCUT2D eigenvalue weighted by Crippen LogP contribution is -2.55. The summed E-state index contributed by atoms with van der Waals surface area (Å²) in [5.41, 5.74) is 6.20. The molecule has 1 aromatic rings.